The first-order chi connectivity index (χ1) is 9.55. The lowest BCUT2D eigenvalue weighted by atomic mass is 9.96. The van der Waals surface area contributed by atoms with Crippen LogP contribution < -0.4 is 5.32 Å². The van der Waals surface area contributed by atoms with E-state index in [0.717, 1.165) is 5.56 Å². The van der Waals surface area contributed by atoms with Gasteiger partial charge in [0.05, 0.1) is 12.6 Å². The molecule has 0 aliphatic rings. The zero-order valence-corrected chi connectivity index (χ0v) is 13.3. The van der Waals surface area contributed by atoms with Gasteiger partial charge >= 0.3 is 12.1 Å². The van der Waals surface area contributed by atoms with Crippen LogP contribution in [0.3, 0.4) is 0 Å². The summed E-state index contributed by atoms with van der Waals surface area (Å²) in [5, 5.41) is 2.77. The molecular formula is C15H22N2O4. The van der Waals surface area contributed by atoms with Crippen LogP contribution in [0.5, 0.6) is 0 Å². The first-order valence-corrected chi connectivity index (χ1v) is 6.61. The monoisotopic (exact) mass is 294 g/mol. The number of ether oxygens (including phenoxy) is 2. The summed E-state index contributed by atoms with van der Waals surface area (Å²) in [4.78, 5) is 27.2. The van der Waals surface area contributed by atoms with Gasteiger partial charge in [0.15, 0.2) is 0 Å². The highest BCUT2D eigenvalue weighted by Crippen LogP contribution is 2.20. The normalized spacial score (nSPS) is 11.7. The van der Waals surface area contributed by atoms with Crippen LogP contribution in [-0.4, -0.2) is 29.8 Å². The highest BCUT2D eigenvalue weighted by molar-refractivity contribution is 5.87. The van der Waals surface area contributed by atoms with E-state index >= 15 is 0 Å². The van der Waals surface area contributed by atoms with Gasteiger partial charge in [-0.1, -0.05) is 6.07 Å². The van der Waals surface area contributed by atoms with Crippen LogP contribution >= 0.6 is 0 Å². The van der Waals surface area contributed by atoms with E-state index in [4.69, 9.17) is 4.74 Å². The SMILES string of the molecule is COC(=O)c1ccc(C(C)(C)NC(=O)OC(C)(C)C)cn1. The Bertz CT molecular complexity index is 515. The first kappa shape index (κ1) is 16.9. The number of amides is 1. The molecule has 6 nitrogen and oxygen atoms in total. The van der Waals surface area contributed by atoms with E-state index in [2.05, 4.69) is 15.0 Å². The Morgan fingerprint density at radius 2 is 1.76 bits per heavy atom. The first-order valence-electron chi connectivity index (χ1n) is 6.61. The predicted molar refractivity (Wildman–Crippen MR) is 78.0 cm³/mol. The molecule has 0 unspecified atom stereocenters. The largest absolute Gasteiger partial charge is 0.464 e. The standard InChI is InChI=1S/C15H22N2O4/c1-14(2,3)21-13(19)17-15(4,5)10-7-8-11(16-9-10)12(18)20-6/h7-9H,1-6H3,(H,17,19). The van der Waals surface area contributed by atoms with Crippen molar-refractivity contribution in [2.75, 3.05) is 7.11 Å². The second-order valence-corrected chi connectivity index (χ2v) is 6.18. The number of carbonyl (C=O) groups excluding carboxylic acids is 2. The summed E-state index contributed by atoms with van der Waals surface area (Å²) in [5.74, 6) is -0.501. The summed E-state index contributed by atoms with van der Waals surface area (Å²) in [5.41, 5.74) is -0.271. The Balaban J connectivity index is 2.83. The Kier molecular flexibility index (Phi) is 4.93. The molecule has 21 heavy (non-hydrogen) atoms. The minimum absolute atomic E-state index is 0.217. The van der Waals surface area contributed by atoms with Gasteiger partial charge in [-0.15, -0.1) is 0 Å². The van der Waals surface area contributed by atoms with E-state index in [1.165, 1.54) is 13.3 Å². The Morgan fingerprint density at radius 3 is 2.19 bits per heavy atom. The third kappa shape index (κ3) is 5.06. The lowest BCUT2D eigenvalue weighted by molar-refractivity contribution is 0.0468. The molecule has 0 aliphatic heterocycles. The van der Waals surface area contributed by atoms with Gasteiger partial charge in [-0.2, -0.15) is 0 Å². The average molecular weight is 294 g/mol. The molecule has 0 fully saturated rings. The van der Waals surface area contributed by atoms with Crippen LogP contribution in [0.15, 0.2) is 18.3 Å². The van der Waals surface area contributed by atoms with Gasteiger partial charge in [-0.05, 0) is 46.2 Å². The van der Waals surface area contributed by atoms with E-state index in [1.54, 1.807) is 32.9 Å². The maximum atomic E-state index is 11.8. The maximum Gasteiger partial charge on any atom is 0.408 e. The number of nitrogens with one attached hydrogen (secondary N) is 1. The number of nitrogens with zero attached hydrogens (tertiary/aromatic N) is 1. The minimum Gasteiger partial charge on any atom is -0.464 e. The Labute approximate surface area is 124 Å². The van der Waals surface area contributed by atoms with Crippen molar-refractivity contribution in [3.05, 3.63) is 29.6 Å². The molecule has 0 atom stereocenters. The summed E-state index contributed by atoms with van der Waals surface area (Å²) >= 11 is 0. The number of carbonyl (C=O) groups is 2. The van der Waals surface area contributed by atoms with Crippen molar-refractivity contribution in [1.82, 2.24) is 10.3 Å². The molecule has 0 bridgehead atoms. The number of pyridine rings is 1. The molecule has 1 N–H and O–H groups in total. The molecular weight excluding hydrogens is 272 g/mol. The third-order valence-electron chi connectivity index (χ3n) is 2.69. The fraction of sp³-hybridized carbons (Fsp3) is 0.533. The molecule has 1 aromatic heterocycles. The van der Waals surface area contributed by atoms with Crippen LogP contribution in [0.1, 0.15) is 50.7 Å². The second kappa shape index (κ2) is 6.11. The van der Waals surface area contributed by atoms with Gasteiger partial charge in [-0.3, -0.25) is 0 Å². The number of hydrogen-bond donors (Lipinski definition) is 1. The highest BCUT2D eigenvalue weighted by Gasteiger charge is 2.26. The van der Waals surface area contributed by atoms with Crippen molar-refractivity contribution in [3.63, 3.8) is 0 Å². The molecule has 0 radical (unpaired) electrons. The molecule has 1 amide bonds. The smallest absolute Gasteiger partial charge is 0.408 e. The zero-order valence-electron chi connectivity index (χ0n) is 13.3. The van der Waals surface area contributed by atoms with Crippen molar-refractivity contribution in [2.24, 2.45) is 0 Å². The fourth-order valence-electron chi connectivity index (χ4n) is 1.62. The summed E-state index contributed by atoms with van der Waals surface area (Å²) in [6.07, 6.45) is 1.02. The van der Waals surface area contributed by atoms with E-state index in [1.807, 2.05) is 13.8 Å². The number of hydrogen-bond acceptors (Lipinski definition) is 5. The van der Waals surface area contributed by atoms with Crippen molar-refractivity contribution >= 4 is 12.1 Å². The summed E-state index contributed by atoms with van der Waals surface area (Å²) in [6, 6.07) is 3.27. The number of alkyl carbamates (subject to hydrolysis) is 1. The van der Waals surface area contributed by atoms with Crippen molar-refractivity contribution in [3.8, 4) is 0 Å². The van der Waals surface area contributed by atoms with Gasteiger partial charge in [0.1, 0.15) is 11.3 Å². The van der Waals surface area contributed by atoms with E-state index in [0.29, 0.717) is 0 Å². The molecule has 116 valence electrons. The van der Waals surface area contributed by atoms with Crippen molar-refractivity contribution in [1.29, 1.82) is 0 Å². The van der Waals surface area contributed by atoms with Crippen LogP contribution in [0.4, 0.5) is 4.79 Å². The molecule has 1 aromatic rings. The molecule has 6 heteroatoms. The van der Waals surface area contributed by atoms with Crippen molar-refractivity contribution < 1.29 is 19.1 Å². The summed E-state index contributed by atoms with van der Waals surface area (Å²) in [7, 11) is 1.30. The van der Waals surface area contributed by atoms with Crippen LogP contribution in [0.2, 0.25) is 0 Å². The topological polar surface area (TPSA) is 77.5 Å². The maximum absolute atomic E-state index is 11.8. The van der Waals surface area contributed by atoms with Crippen LogP contribution in [-0.2, 0) is 15.0 Å². The predicted octanol–water partition coefficient (Wildman–Crippen LogP) is 2.63. The molecule has 0 saturated heterocycles. The molecule has 1 heterocycles. The number of esters is 1. The van der Waals surface area contributed by atoms with Gasteiger partial charge in [0.2, 0.25) is 0 Å². The molecule has 0 saturated carbocycles. The number of aromatic nitrogens is 1. The highest BCUT2D eigenvalue weighted by atomic mass is 16.6. The average Bonchev–Trinajstić information content (AvgIpc) is 2.35. The third-order valence-corrected chi connectivity index (χ3v) is 2.69. The van der Waals surface area contributed by atoms with E-state index in [-0.39, 0.29) is 5.69 Å². The molecule has 0 aromatic carbocycles. The van der Waals surface area contributed by atoms with Gasteiger partial charge < -0.3 is 14.8 Å². The van der Waals surface area contributed by atoms with Gasteiger partial charge in [0, 0.05) is 6.20 Å². The molecule has 0 aliphatic carbocycles. The number of rotatable bonds is 3. The van der Waals surface area contributed by atoms with E-state index in [9.17, 15) is 9.59 Å². The van der Waals surface area contributed by atoms with E-state index < -0.39 is 23.2 Å². The van der Waals surface area contributed by atoms with Gasteiger partial charge in [-0.25, -0.2) is 14.6 Å². The quantitative estimate of drug-likeness (QED) is 0.867. The summed E-state index contributed by atoms with van der Waals surface area (Å²) < 4.78 is 9.82. The van der Waals surface area contributed by atoms with Crippen LogP contribution in [0.25, 0.3) is 0 Å². The molecule has 1 rings (SSSR count). The second-order valence-electron chi connectivity index (χ2n) is 6.18. The lowest BCUT2D eigenvalue weighted by Gasteiger charge is -2.28. The van der Waals surface area contributed by atoms with Crippen molar-refractivity contribution in [2.45, 2.75) is 45.8 Å². The summed E-state index contributed by atoms with van der Waals surface area (Å²) in [6.45, 7) is 9.04. The fourth-order valence-corrected chi connectivity index (χ4v) is 1.62. The Hall–Kier alpha value is -2.11. The number of methoxy groups -OCH3 is 1. The minimum atomic E-state index is -0.677. The Morgan fingerprint density at radius 1 is 1.14 bits per heavy atom. The zero-order chi connectivity index (χ0) is 16.3. The van der Waals surface area contributed by atoms with Crippen LogP contribution in [0, 0.1) is 0 Å². The lowest BCUT2D eigenvalue weighted by Crippen LogP contribution is -2.43. The van der Waals surface area contributed by atoms with Gasteiger partial charge in [0.25, 0.3) is 0 Å². The molecule has 0 spiro atoms.